The molecule has 0 N–H and O–H groups in total. The molecule has 0 aliphatic carbocycles. The van der Waals surface area contributed by atoms with Gasteiger partial charge in [0.25, 0.3) is 5.91 Å². The van der Waals surface area contributed by atoms with E-state index in [0.29, 0.717) is 17.7 Å². The highest BCUT2D eigenvalue weighted by Crippen LogP contribution is 2.18. The van der Waals surface area contributed by atoms with Crippen molar-refractivity contribution in [3.63, 3.8) is 0 Å². The molecular formula is C21H21F2NO4. The third kappa shape index (κ3) is 6.19. The number of carbonyl (C=O) groups is 2. The fraction of sp³-hybridized carbons (Fsp3) is 0.238. The molecule has 5 nitrogen and oxygen atoms in total. The highest BCUT2D eigenvalue weighted by atomic mass is 19.1. The van der Waals surface area contributed by atoms with Gasteiger partial charge in [0.05, 0.1) is 7.11 Å². The third-order valence-electron chi connectivity index (χ3n) is 3.92. The van der Waals surface area contributed by atoms with E-state index in [2.05, 4.69) is 0 Å². The number of hydrogen-bond donors (Lipinski definition) is 0. The third-order valence-corrected chi connectivity index (χ3v) is 3.92. The number of amides is 1. The molecule has 0 atom stereocenters. The number of carbonyl (C=O) groups excluding carboxylic acids is 2. The van der Waals surface area contributed by atoms with E-state index in [1.54, 1.807) is 25.1 Å². The summed E-state index contributed by atoms with van der Waals surface area (Å²) in [7, 11) is 1.36. The Labute approximate surface area is 162 Å². The second-order valence-corrected chi connectivity index (χ2v) is 5.87. The Kier molecular flexibility index (Phi) is 7.68. The maximum Gasteiger partial charge on any atom is 0.331 e. The van der Waals surface area contributed by atoms with Gasteiger partial charge < -0.3 is 14.4 Å². The molecule has 0 saturated carbocycles. The first kappa shape index (κ1) is 21.1. The summed E-state index contributed by atoms with van der Waals surface area (Å²) in [5.41, 5.74) is 1.09. The summed E-state index contributed by atoms with van der Waals surface area (Å²) < 4.78 is 36.6. The van der Waals surface area contributed by atoms with Gasteiger partial charge in [0.15, 0.2) is 18.2 Å². The van der Waals surface area contributed by atoms with E-state index in [-0.39, 0.29) is 18.1 Å². The van der Waals surface area contributed by atoms with Crippen LogP contribution in [0.2, 0.25) is 0 Å². The van der Waals surface area contributed by atoms with Crippen molar-refractivity contribution in [1.29, 1.82) is 0 Å². The van der Waals surface area contributed by atoms with E-state index >= 15 is 0 Å². The van der Waals surface area contributed by atoms with Gasteiger partial charge in [-0.3, -0.25) is 4.79 Å². The van der Waals surface area contributed by atoms with Gasteiger partial charge in [0.2, 0.25) is 0 Å². The molecule has 0 fully saturated rings. The van der Waals surface area contributed by atoms with Crippen LogP contribution < -0.4 is 4.74 Å². The van der Waals surface area contributed by atoms with Crippen LogP contribution in [0.5, 0.6) is 5.75 Å². The monoisotopic (exact) mass is 389 g/mol. The van der Waals surface area contributed by atoms with E-state index < -0.39 is 24.3 Å². The summed E-state index contributed by atoms with van der Waals surface area (Å²) in [4.78, 5) is 25.5. The molecule has 0 unspecified atom stereocenters. The number of ether oxygens (including phenoxy) is 2. The number of nitrogens with zero attached hydrogens (tertiary/aromatic N) is 1. The van der Waals surface area contributed by atoms with Crippen molar-refractivity contribution in [1.82, 2.24) is 4.90 Å². The van der Waals surface area contributed by atoms with Crippen LogP contribution in [0.1, 0.15) is 18.1 Å². The second kappa shape index (κ2) is 10.2. The van der Waals surface area contributed by atoms with Crippen molar-refractivity contribution in [2.24, 2.45) is 0 Å². The van der Waals surface area contributed by atoms with Crippen molar-refractivity contribution in [2.45, 2.75) is 13.5 Å². The average molecular weight is 389 g/mol. The Hall–Kier alpha value is -3.22. The molecule has 28 heavy (non-hydrogen) atoms. The molecular weight excluding hydrogens is 368 g/mol. The number of likely N-dealkylation sites (N-methyl/N-ethyl adjacent to an activating group) is 1. The molecule has 148 valence electrons. The zero-order valence-corrected chi connectivity index (χ0v) is 15.7. The van der Waals surface area contributed by atoms with E-state index in [1.165, 1.54) is 42.4 Å². The average Bonchev–Trinajstić information content (AvgIpc) is 2.68. The number of esters is 1. The summed E-state index contributed by atoms with van der Waals surface area (Å²) >= 11 is 0. The fourth-order valence-electron chi connectivity index (χ4n) is 2.45. The van der Waals surface area contributed by atoms with Crippen LogP contribution in [0.25, 0.3) is 6.08 Å². The molecule has 0 radical (unpaired) electrons. The van der Waals surface area contributed by atoms with Crippen LogP contribution in [0.4, 0.5) is 8.78 Å². The Balaban J connectivity index is 1.88. The summed E-state index contributed by atoms with van der Waals surface area (Å²) in [6, 6.07) is 10.2. The molecule has 0 heterocycles. The number of hydrogen-bond acceptors (Lipinski definition) is 4. The standard InChI is InChI=1S/C21H21F2NO4/c1-3-24(13-16-5-4-6-17(22)11-16)20(25)14-28-21(26)10-8-15-7-9-19(27-2)18(23)12-15/h4-12H,3,13-14H2,1-2H3/b10-8+. The van der Waals surface area contributed by atoms with Crippen molar-refractivity contribution in [2.75, 3.05) is 20.3 Å². The summed E-state index contributed by atoms with van der Waals surface area (Å²) in [6.07, 6.45) is 2.48. The van der Waals surface area contributed by atoms with Gasteiger partial charge in [-0.2, -0.15) is 0 Å². The van der Waals surface area contributed by atoms with E-state index in [4.69, 9.17) is 9.47 Å². The Morgan fingerprint density at radius 3 is 2.57 bits per heavy atom. The molecule has 1 amide bonds. The molecule has 2 aromatic carbocycles. The first-order chi connectivity index (χ1) is 13.4. The van der Waals surface area contributed by atoms with Gasteiger partial charge in [-0.15, -0.1) is 0 Å². The summed E-state index contributed by atoms with van der Waals surface area (Å²) in [5, 5.41) is 0. The lowest BCUT2D eigenvalue weighted by Gasteiger charge is -2.20. The SMILES string of the molecule is CCN(Cc1cccc(F)c1)C(=O)COC(=O)/C=C/c1ccc(OC)c(F)c1. The first-order valence-electron chi connectivity index (χ1n) is 8.63. The lowest BCUT2D eigenvalue weighted by Crippen LogP contribution is -2.34. The first-order valence-corrected chi connectivity index (χ1v) is 8.63. The van der Waals surface area contributed by atoms with Crippen LogP contribution in [0.3, 0.4) is 0 Å². The normalized spacial score (nSPS) is 10.7. The maximum absolute atomic E-state index is 13.6. The van der Waals surface area contributed by atoms with Crippen LogP contribution in [-0.2, 0) is 20.9 Å². The smallest absolute Gasteiger partial charge is 0.331 e. The van der Waals surface area contributed by atoms with Crippen LogP contribution in [0.15, 0.2) is 48.5 Å². The summed E-state index contributed by atoms with van der Waals surface area (Å²) in [6.45, 7) is 1.93. The largest absolute Gasteiger partial charge is 0.494 e. The van der Waals surface area contributed by atoms with E-state index in [0.717, 1.165) is 6.08 Å². The molecule has 0 bridgehead atoms. The fourth-order valence-corrected chi connectivity index (χ4v) is 2.45. The predicted octanol–water partition coefficient (Wildman–Crippen LogP) is 3.58. The molecule has 2 aromatic rings. The maximum atomic E-state index is 13.6. The number of halogens is 2. The Morgan fingerprint density at radius 1 is 1.14 bits per heavy atom. The minimum atomic E-state index is -0.730. The van der Waals surface area contributed by atoms with Gasteiger partial charge in [-0.1, -0.05) is 18.2 Å². The molecule has 0 saturated heterocycles. The lowest BCUT2D eigenvalue weighted by atomic mass is 10.2. The highest BCUT2D eigenvalue weighted by molar-refractivity contribution is 5.89. The molecule has 2 rings (SSSR count). The Bertz CT molecular complexity index is 867. The quantitative estimate of drug-likeness (QED) is 0.512. The number of benzene rings is 2. The van der Waals surface area contributed by atoms with E-state index in [9.17, 15) is 18.4 Å². The topological polar surface area (TPSA) is 55.8 Å². The number of methoxy groups -OCH3 is 1. The van der Waals surface area contributed by atoms with Gasteiger partial charge in [-0.05, 0) is 48.4 Å². The zero-order chi connectivity index (χ0) is 20.5. The second-order valence-electron chi connectivity index (χ2n) is 5.87. The van der Waals surface area contributed by atoms with Gasteiger partial charge in [0.1, 0.15) is 5.82 Å². The van der Waals surface area contributed by atoms with Crippen molar-refractivity contribution < 1.29 is 27.8 Å². The van der Waals surface area contributed by atoms with Gasteiger partial charge in [0, 0.05) is 19.2 Å². The lowest BCUT2D eigenvalue weighted by molar-refractivity contribution is -0.148. The minimum absolute atomic E-state index is 0.100. The van der Waals surface area contributed by atoms with E-state index in [1.807, 2.05) is 0 Å². The van der Waals surface area contributed by atoms with Gasteiger partial charge in [-0.25, -0.2) is 13.6 Å². The van der Waals surface area contributed by atoms with Crippen LogP contribution >= 0.6 is 0 Å². The zero-order valence-electron chi connectivity index (χ0n) is 15.7. The molecule has 7 heteroatoms. The van der Waals surface area contributed by atoms with Crippen LogP contribution in [-0.4, -0.2) is 37.0 Å². The molecule has 0 aliphatic heterocycles. The minimum Gasteiger partial charge on any atom is -0.494 e. The number of rotatable bonds is 8. The van der Waals surface area contributed by atoms with Crippen molar-refractivity contribution in [3.8, 4) is 5.75 Å². The predicted molar refractivity (Wildman–Crippen MR) is 100 cm³/mol. The molecule has 0 aromatic heterocycles. The highest BCUT2D eigenvalue weighted by Gasteiger charge is 2.14. The van der Waals surface area contributed by atoms with Crippen molar-refractivity contribution in [3.05, 3.63) is 71.3 Å². The molecule has 0 spiro atoms. The summed E-state index contributed by atoms with van der Waals surface area (Å²) in [5.74, 6) is -1.96. The van der Waals surface area contributed by atoms with Crippen molar-refractivity contribution >= 4 is 18.0 Å². The van der Waals surface area contributed by atoms with Crippen LogP contribution in [0, 0.1) is 11.6 Å². The Morgan fingerprint density at radius 2 is 1.93 bits per heavy atom. The van der Waals surface area contributed by atoms with Gasteiger partial charge >= 0.3 is 5.97 Å². The molecule has 0 aliphatic rings.